The van der Waals surface area contributed by atoms with E-state index < -0.39 is 11.9 Å². The summed E-state index contributed by atoms with van der Waals surface area (Å²) in [6.45, 7) is -0.194. The monoisotopic (exact) mass is 232 g/mol. The van der Waals surface area contributed by atoms with Gasteiger partial charge in [-0.25, -0.2) is 4.98 Å². The summed E-state index contributed by atoms with van der Waals surface area (Å²) in [4.78, 5) is 14.3. The zero-order valence-corrected chi connectivity index (χ0v) is 7.97. The highest BCUT2D eigenvalue weighted by molar-refractivity contribution is 5.78. The van der Waals surface area contributed by atoms with Crippen molar-refractivity contribution in [3.05, 3.63) is 23.4 Å². The van der Waals surface area contributed by atoms with Crippen LogP contribution in [0.2, 0.25) is 0 Å². The predicted octanol–water partition coefficient (Wildman–Crippen LogP) is 1.11. The summed E-state index contributed by atoms with van der Waals surface area (Å²) in [5.41, 5.74) is -0.598. The van der Waals surface area contributed by atoms with E-state index in [0.29, 0.717) is 5.56 Å². The maximum Gasteiger partial charge on any atom is 0.433 e. The largest absolute Gasteiger partial charge is 0.467 e. The second kappa shape index (κ2) is 3.66. The van der Waals surface area contributed by atoms with Crippen molar-refractivity contribution in [3.63, 3.8) is 0 Å². The number of hydrogen-bond donors (Lipinski definition) is 1. The van der Waals surface area contributed by atoms with Crippen LogP contribution in [0.3, 0.4) is 0 Å². The molecule has 0 aromatic carbocycles. The van der Waals surface area contributed by atoms with Gasteiger partial charge in [0.1, 0.15) is 5.69 Å². The van der Waals surface area contributed by atoms with Crippen LogP contribution in [0.15, 0.2) is 12.1 Å². The number of amides is 1. The van der Waals surface area contributed by atoms with Crippen LogP contribution in [0.5, 0.6) is 5.88 Å². The molecule has 86 valence electrons. The fraction of sp³-hybridized carbons (Fsp3) is 0.333. The Morgan fingerprint density at radius 1 is 1.38 bits per heavy atom. The van der Waals surface area contributed by atoms with Gasteiger partial charge in [-0.15, -0.1) is 0 Å². The average Bonchev–Trinajstić information content (AvgIpc) is 2.39. The van der Waals surface area contributed by atoms with Crippen molar-refractivity contribution in [2.75, 3.05) is 6.61 Å². The third-order valence-corrected chi connectivity index (χ3v) is 2.05. The van der Waals surface area contributed by atoms with E-state index in [1.54, 1.807) is 0 Å². The molecule has 0 atom stereocenters. The molecule has 0 fully saturated rings. The minimum atomic E-state index is -4.51. The molecule has 1 aliphatic heterocycles. The molecule has 1 amide bonds. The van der Waals surface area contributed by atoms with Gasteiger partial charge in [-0.05, 0) is 12.1 Å². The molecular formula is C9H7F3N2O2. The number of halogens is 3. The van der Waals surface area contributed by atoms with E-state index in [1.807, 2.05) is 0 Å². The van der Waals surface area contributed by atoms with E-state index in [9.17, 15) is 18.0 Å². The van der Waals surface area contributed by atoms with E-state index in [0.717, 1.165) is 6.07 Å². The Labute approximate surface area is 88.4 Å². The second-order valence-corrected chi connectivity index (χ2v) is 3.22. The summed E-state index contributed by atoms with van der Waals surface area (Å²) in [6, 6.07) is 2.11. The lowest BCUT2D eigenvalue weighted by Gasteiger charge is -2.09. The first-order valence-electron chi connectivity index (χ1n) is 4.43. The van der Waals surface area contributed by atoms with Crippen molar-refractivity contribution in [2.24, 2.45) is 0 Å². The molecule has 16 heavy (non-hydrogen) atoms. The van der Waals surface area contributed by atoms with Crippen LogP contribution in [0.4, 0.5) is 13.2 Å². The number of nitrogens with one attached hydrogen (secondary N) is 1. The van der Waals surface area contributed by atoms with E-state index in [1.165, 1.54) is 6.07 Å². The van der Waals surface area contributed by atoms with Crippen LogP contribution in [-0.2, 0) is 17.5 Å². The number of fused-ring (bicyclic) bond motifs is 1. The summed E-state index contributed by atoms with van der Waals surface area (Å²) in [5.74, 6) is -0.528. The van der Waals surface area contributed by atoms with Gasteiger partial charge in [-0.2, -0.15) is 13.2 Å². The maximum atomic E-state index is 12.3. The number of aromatic nitrogens is 1. The Bertz CT molecular complexity index is 431. The van der Waals surface area contributed by atoms with Gasteiger partial charge in [0.05, 0.1) is 0 Å². The Morgan fingerprint density at radius 2 is 2.12 bits per heavy atom. The first kappa shape index (κ1) is 10.7. The first-order valence-corrected chi connectivity index (χ1v) is 4.43. The van der Waals surface area contributed by atoms with Crippen molar-refractivity contribution in [1.29, 1.82) is 0 Å². The zero-order valence-electron chi connectivity index (χ0n) is 7.97. The molecule has 0 bridgehead atoms. The second-order valence-electron chi connectivity index (χ2n) is 3.22. The van der Waals surface area contributed by atoms with Crippen molar-refractivity contribution in [2.45, 2.75) is 12.7 Å². The van der Waals surface area contributed by atoms with Gasteiger partial charge < -0.3 is 10.1 Å². The van der Waals surface area contributed by atoms with Gasteiger partial charge >= 0.3 is 6.18 Å². The highest BCUT2D eigenvalue weighted by Crippen LogP contribution is 2.30. The number of hydrogen-bond acceptors (Lipinski definition) is 3. The molecule has 0 saturated heterocycles. The Balaban J connectivity index is 2.36. The van der Waals surface area contributed by atoms with Gasteiger partial charge in [0, 0.05) is 12.1 Å². The van der Waals surface area contributed by atoms with E-state index in [4.69, 9.17) is 4.74 Å². The van der Waals surface area contributed by atoms with Crippen LogP contribution < -0.4 is 10.1 Å². The zero-order chi connectivity index (χ0) is 11.8. The normalized spacial score (nSPS) is 15.8. The number of ether oxygens (including phenoxy) is 1. The molecule has 1 aliphatic rings. The Morgan fingerprint density at radius 3 is 2.81 bits per heavy atom. The lowest BCUT2D eigenvalue weighted by molar-refractivity contribution is -0.141. The maximum absolute atomic E-state index is 12.3. The van der Waals surface area contributed by atoms with Crippen LogP contribution in [0.1, 0.15) is 11.3 Å². The fourth-order valence-electron chi connectivity index (χ4n) is 1.27. The molecule has 0 spiro atoms. The third kappa shape index (κ3) is 2.07. The van der Waals surface area contributed by atoms with Gasteiger partial charge in [0.25, 0.3) is 5.91 Å². The predicted molar refractivity (Wildman–Crippen MR) is 46.6 cm³/mol. The van der Waals surface area contributed by atoms with Gasteiger partial charge in [0.2, 0.25) is 5.88 Å². The highest BCUT2D eigenvalue weighted by Gasteiger charge is 2.33. The number of carbonyl (C=O) groups is 1. The SMILES string of the molecule is O=C1COc2nc(C(F)(F)F)ccc2CN1. The third-order valence-electron chi connectivity index (χ3n) is 2.05. The summed E-state index contributed by atoms with van der Waals surface area (Å²) in [6.07, 6.45) is -4.51. The fourth-order valence-corrected chi connectivity index (χ4v) is 1.27. The first-order chi connectivity index (χ1) is 7.47. The molecule has 1 aromatic heterocycles. The summed E-state index contributed by atoms with van der Waals surface area (Å²) in [5, 5.41) is 2.47. The standard InChI is InChI=1S/C9H7F3N2O2/c10-9(11,12)6-2-1-5-3-13-7(15)4-16-8(5)14-6/h1-2H,3-4H2,(H,13,15). The van der Waals surface area contributed by atoms with Crippen molar-refractivity contribution in [1.82, 2.24) is 10.3 Å². The lowest BCUT2D eigenvalue weighted by Crippen LogP contribution is -2.25. The summed E-state index contributed by atoms with van der Waals surface area (Å²) < 4.78 is 41.9. The van der Waals surface area contributed by atoms with Crippen molar-refractivity contribution >= 4 is 5.91 Å². The Kier molecular flexibility index (Phi) is 2.45. The van der Waals surface area contributed by atoms with Crippen molar-refractivity contribution in [3.8, 4) is 5.88 Å². The molecule has 1 aromatic rings. The molecular weight excluding hydrogens is 225 g/mol. The van der Waals surface area contributed by atoms with E-state index in [-0.39, 0.29) is 24.9 Å². The van der Waals surface area contributed by atoms with E-state index in [2.05, 4.69) is 10.3 Å². The summed E-state index contributed by atoms with van der Waals surface area (Å²) >= 11 is 0. The number of alkyl halides is 3. The lowest BCUT2D eigenvalue weighted by atomic mass is 10.2. The smallest absolute Gasteiger partial charge is 0.433 e. The molecule has 0 saturated carbocycles. The highest BCUT2D eigenvalue weighted by atomic mass is 19.4. The average molecular weight is 232 g/mol. The molecule has 4 nitrogen and oxygen atoms in total. The molecule has 2 heterocycles. The van der Waals surface area contributed by atoms with Gasteiger partial charge in [-0.3, -0.25) is 4.79 Å². The van der Waals surface area contributed by atoms with Crippen LogP contribution in [-0.4, -0.2) is 17.5 Å². The van der Waals surface area contributed by atoms with Crippen LogP contribution in [0, 0.1) is 0 Å². The molecule has 1 N–H and O–H groups in total. The molecule has 0 radical (unpaired) electrons. The quantitative estimate of drug-likeness (QED) is 0.729. The van der Waals surface area contributed by atoms with Gasteiger partial charge in [0.15, 0.2) is 6.61 Å². The van der Waals surface area contributed by atoms with Gasteiger partial charge in [-0.1, -0.05) is 0 Å². The molecule has 0 unspecified atom stereocenters. The minimum absolute atomic E-state index is 0.124. The number of nitrogens with zero attached hydrogens (tertiary/aromatic N) is 1. The molecule has 7 heteroatoms. The minimum Gasteiger partial charge on any atom is -0.467 e. The number of carbonyl (C=O) groups excluding carboxylic acids is 1. The number of pyridine rings is 1. The van der Waals surface area contributed by atoms with Crippen molar-refractivity contribution < 1.29 is 22.7 Å². The van der Waals surface area contributed by atoms with Crippen LogP contribution >= 0.6 is 0 Å². The molecule has 0 aliphatic carbocycles. The summed E-state index contributed by atoms with van der Waals surface area (Å²) in [7, 11) is 0. The number of rotatable bonds is 0. The molecule has 2 rings (SSSR count). The van der Waals surface area contributed by atoms with Crippen LogP contribution in [0.25, 0.3) is 0 Å². The topological polar surface area (TPSA) is 51.2 Å². The Hall–Kier alpha value is -1.79. The van der Waals surface area contributed by atoms with E-state index >= 15 is 0 Å².